The van der Waals surface area contributed by atoms with Gasteiger partial charge in [0.25, 0.3) is 0 Å². The number of ether oxygens (including phenoxy) is 1. The van der Waals surface area contributed by atoms with Crippen molar-refractivity contribution in [2.24, 2.45) is 0 Å². The van der Waals surface area contributed by atoms with Gasteiger partial charge in [-0.3, -0.25) is 0 Å². The van der Waals surface area contributed by atoms with Crippen LogP contribution in [0.4, 0.5) is 0 Å². The largest absolute Gasteiger partial charge is 0.479 e. The number of aliphatic carboxylic acids is 1. The van der Waals surface area contributed by atoms with Gasteiger partial charge >= 0.3 is 5.97 Å². The second-order valence-electron chi connectivity index (χ2n) is 3.00. The Morgan fingerprint density at radius 1 is 1.47 bits per heavy atom. The van der Waals surface area contributed by atoms with E-state index in [4.69, 9.17) is 16.3 Å². The summed E-state index contributed by atoms with van der Waals surface area (Å²) in [7, 11) is 0. The molecule has 0 fully saturated rings. The fraction of sp³-hybridized carbons (Fsp3) is 0.250. The van der Waals surface area contributed by atoms with Crippen LogP contribution in [0.3, 0.4) is 0 Å². The lowest BCUT2D eigenvalue weighted by Gasteiger charge is -2.13. The monoisotopic (exact) mass is 204 g/mol. The second-order valence-corrected chi connectivity index (χ2v) is 3.00. The molecule has 1 atom stereocenters. The number of carboxylic acids is 1. The third kappa shape index (κ3) is 3.74. The minimum atomic E-state index is -0.992. The van der Waals surface area contributed by atoms with Crippen LogP contribution in [0.25, 0.3) is 0 Å². The Kier molecular flexibility index (Phi) is 4.24. The highest BCUT2D eigenvalue weighted by atomic mass is 16.5. The summed E-state index contributed by atoms with van der Waals surface area (Å²) >= 11 is 0. The molecule has 1 aromatic rings. The molecule has 0 amide bonds. The minimum Gasteiger partial charge on any atom is -0.479 e. The molecular formula is C12H12O3. The summed E-state index contributed by atoms with van der Waals surface area (Å²) in [6.07, 6.45) is 4.91. The van der Waals surface area contributed by atoms with E-state index in [2.05, 4.69) is 5.92 Å². The number of hydrogen-bond donors (Lipinski definition) is 1. The summed E-state index contributed by atoms with van der Waals surface area (Å²) in [6, 6.07) is 8.84. The van der Waals surface area contributed by atoms with Gasteiger partial charge in [-0.05, 0) is 12.1 Å². The zero-order valence-corrected chi connectivity index (χ0v) is 8.22. The predicted octanol–water partition coefficient (Wildman–Crippen LogP) is 1.93. The number of para-hydroxylation sites is 1. The molecule has 3 heteroatoms. The van der Waals surface area contributed by atoms with Gasteiger partial charge in [0.1, 0.15) is 5.75 Å². The van der Waals surface area contributed by atoms with Crippen molar-refractivity contribution in [2.45, 2.75) is 18.9 Å². The summed E-state index contributed by atoms with van der Waals surface area (Å²) in [5.41, 5.74) is 0. The number of benzene rings is 1. The quantitative estimate of drug-likeness (QED) is 0.745. The molecule has 0 saturated heterocycles. The lowest BCUT2D eigenvalue weighted by Crippen LogP contribution is -2.26. The molecule has 3 nitrogen and oxygen atoms in total. The number of carbonyl (C=O) groups is 1. The van der Waals surface area contributed by atoms with Crippen LogP contribution in [-0.4, -0.2) is 17.2 Å². The van der Waals surface area contributed by atoms with E-state index >= 15 is 0 Å². The van der Waals surface area contributed by atoms with Gasteiger partial charge in [-0.15, -0.1) is 12.3 Å². The van der Waals surface area contributed by atoms with Gasteiger partial charge in [0.15, 0.2) is 6.10 Å². The van der Waals surface area contributed by atoms with Gasteiger partial charge in [0.2, 0.25) is 0 Å². The molecule has 78 valence electrons. The molecule has 0 aliphatic carbocycles. The van der Waals surface area contributed by atoms with Crippen molar-refractivity contribution >= 4 is 5.97 Å². The van der Waals surface area contributed by atoms with Gasteiger partial charge in [-0.1, -0.05) is 18.2 Å². The lowest BCUT2D eigenvalue weighted by atomic mass is 10.2. The van der Waals surface area contributed by atoms with E-state index < -0.39 is 12.1 Å². The molecule has 15 heavy (non-hydrogen) atoms. The van der Waals surface area contributed by atoms with Crippen molar-refractivity contribution in [2.75, 3.05) is 0 Å². The van der Waals surface area contributed by atoms with E-state index in [1.165, 1.54) is 0 Å². The van der Waals surface area contributed by atoms with Gasteiger partial charge in [-0.2, -0.15) is 0 Å². The van der Waals surface area contributed by atoms with Crippen LogP contribution >= 0.6 is 0 Å². The van der Waals surface area contributed by atoms with Crippen LogP contribution in [0.2, 0.25) is 0 Å². The van der Waals surface area contributed by atoms with Crippen molar-refractivity contribution < 1.29 is 14.6 Å². The third-order valence-corrected chi connectivity index (χ3v) is 1.85. The first-order valence-electron chi connectivity index (χ1n) is 4.62. The van der Waals surface area contributed by atoms with Gasteiger partial charge in [0.05, 0.1) is 0 Å². The maximum absolute atomic E-state index is 10.8. The highest BCUT2D eigenvalue weighted by Gasteiger charge is 2.18. The topological polar surface area (TPSA) is 46.5 Å². The SMILES string of the molecule is C#CCCC(Oc1ccccc1)C(=O)O. The van der Waals surface area contributed by atoms with Gasteiger partial charge in [0, 0.05) is 12.8 Å². The normalized spacial score (nSPS) is 11.4. The molecule has 1 aromatic carbocycles. The Labute approximate surface area is 88.7 Å². The second kappa shape index (κ2) is 5.71. The average Bonchev–Trinajstić information content (AvgIpc) is 2.25. The molecule has 0 aliphatic heterocycles. The first-order chi connectivity index (χ1) is 7.24. The first-order valence-corrected chi connectivity index (χ1v) is 4.62. The van der Waals surface area contributed by atoms with E-state index in [0.29, 0.717) is 18.6 Å². The molecule has 1 rings (SSSR count). The van der Waals surface area contributed by atoms with Crippen LogP contribution in [0.1, 0.15) is 12.8 Å². The highest BCUT2D eigenvalue weighted by molar-refractivity contribution is 5.72. The van der Waals surface area contributed by atoms with Crippen molar-refractivity contribution in [3.63, 3.8) is 0 Å². The molecule has 0 aromatic heterocycles. The van der Waals surface area contributed by atoms with Crippen LogP contribution in [0.5, 0.6) is 5.75 Å². The summed E-state index contributed by atoms with van der Waals surface area (Å²) in [4.78, 5) is 10.8. The molecule has 0 spiro atoms. The van der Waals surface area contributed by atoms with E-state index in [-0.39, 0.29) is 0 Å². The van der Waals surface area contributed by atoms with E-state index in [1.807, 2.05) is 6.07 Å². The molecule has 0 bridgehead atoms. The Hall–Kier alpha value is -1.95. The summed E-state index contributed by atoms with van der Waals surface area (Å²) in [5, 5.41) is 8.87. The van der Waals surface area contributed by atoms with E-state index in [0.717, 1.165) is 0 Å². The van der Waals surface area contributed by atoms with Crippen molar-refractivity contribution in [3.8, 4) is 18.1 Å². The highest BCUT2D eigenvalue weighted by Crippen LogP contribution is 2.13. The number of hydrogen-bond acceptors (Lipinski definition) is 2. The van der Waals surface area contributed by atoms with Crippen LogP contribution in [0.15, 0.2) is 30.3 Å². The van der Waals surface area contributed by atoms with Crippen LogP contribution in [0, 0.1) is 12.3 Å². The lowest BCUT2D eigenvalue weighted by molar-refractivity contribution is -0.145. The molecule has 0 radical (unpaired) electrons. The minimum absolute atomic E-state index is 0.320. The van der Waals surface area contributed by atoms with Gasteiger partial charge in [-0.25, -0.2) is 4.79 Å². The Morgan fingerprint density at radius 3 is 2.67 bits per heavy atom. The van der Waals surface area contributed by atoms with Crippen LogP contribution in [-0.2, 0) is 4.79 Å². The Bertz CT molecular complexity index is 351. The zero-order chi connectivity index (χ0) is 11.1. The fourth-order valence-electron chi connectivity index (χ4n) is 1.11. The Morgan fingerprint density at radius 2 is 2.13 bits per heavy atom. The summed E-state index contributed by atoms with van der Waals surface area (Å²) < 4.78 is 5.28. The fourth-order valence-corrected chi connectivity index (χ4v) is 1.11. The third-order valence-electron chi connectivity index (χ3n) is 1.85. The molecule has 0 aliphatic rings. The molecule has 1 N–H and O–H groups in total. The van der Waals surface area contributed by atoms with E-state index in [9.17, 15) is 4.79 Å². The molecule has 1 unspecified atom stereocenters. The zero-order valence-electron chi connectivity index (χ0n) is 8.22. The maximum Gasteiger partial charge on any atom is 0.344 e. The van der Waals surface area contributed by atoms with E-state index in [1.54, 1.807) is 24.3 Å². The Balaban J connectivity index is 2.60. The average molecular weight is 204 g/mol. The summed E-state index contributed by atoms with van der Waals surface area (Å²) in [6.45, 7) is 0. The summed E-state index contributed by atoms with van der Waals surface area (Å²) in [5.74, 6) is 1.95. The van der Waals surface area contributed by atoms with Crippen molar-refractivity contribution in [3.05, 3.63) is 30.3 Å². The molecular weight excluding hydrogens is 192 g/mol. The molecule has 0 saturated carbocycles. The predicted molar refractivity (Wildman–Crippen MR) is 56.6 cm³/mol. The van der Waals surface area contributed by atoms with Crippen LogP contribution < -0.4 is 4.74 Å². The number of carboxylic acid groups (broad SMARTS) is 1. The van der Waals surface area contributed by atoms with Gasteiger partial charge < -0.3 is 9.84 Å². The smallest absolute Gasteiger partial charge is 0.344 e. The number of terminal acetylenes is 1. The number of rotatable bonds is 5. The van der Waals surface area contributed by atoms with Crippen molar-refractivity contribution in [1.29, 1.82) is 0 Å². The van der Waals surface area contributed by atoms with Crippen molar-refractivity contribution in [1.82, 2.24) is 0 Å². The first kappa shape index (κ1) is 11.1. The standard InChI is InChI=1S/C12H12O3/c1-2-3-9-11(12(13)14)15-10-7-5-4-6-8-10/h1,4-8,11H,3,9H2,(H,13,14). The maximum atomic E-state index is 10.8. The molecule has 0 heterocycles.